The molecule has 0 fully saturated rings. The summed E-state index contributed by atoms with van der Waals surface area (Å²) in [7, 11) is 0. The van der Waals surface area contributed by atoms with Gasteiger partial charge >= 0.3 is 0 Å². The summed E-state index contributed by atoms with van der Waals surface area (Å²) < 4.78 is 0. The van der Waals surface area contributed by atoms with Gasteiger partial charge in [0.2, 0.25) is 0 Å². The minimum atomic E-state index is 0.0707. The van der Waals surface area contributed by atoms with Crippen LogP contribution in [0.1, 0.15) is 108 Å². The first-order chi connectivity index (χ1) is 13.2. The first-order valence-corrected chi connectivity index (χ1v) is 10.9. The monoisotopic (exact) mass is 391 g/mol. The predicted octanol–water partition coefficient (Wildman–Crippen LogP) is 8.26. The Morgan fingerprint density at radius 3 is 1.11 bits per heavy atom. The van der Waals surface area contributed by atoms with Crippen LogP contribution in [0.3, 0.4) is 0 Å². The van der Waals surface area contributed by atoms with Crippen LogP contribution in [0.15, 0.2) is 42.9 Å². The van der Waals surface area contributed by atoms with E-state index in [9.17, 15) is 0 Å². The van der Waals surface area contributed by atoms with Gasteiger partial charge in [0.25, 0.3) is 0 Å². The van der Waals surface area contributed by atoms with Crippen LogP contribution in [-0.2, 0) is 10.8 Å². The van der Waals surface area contributed by atoms with Gasteiger partial charge in [0.05, 0.1) is 0 Å². The lowest BCUT2D eigenvalue weighted by Gasteiger charge is -2.16. The summed E-state index contributed by atoms with van der Waals surface area (Å²) in [5.74, 6) is 0.898. The van der Waals surface area contributed by atoms with E-state index in [4.69, 9.17) is 0 Å². The van der Waals surface area contributed by atoms with Gasteiger partial charge < -0.3 is 0 Å². The molecule has 164 valence electrons. The van der Waals surface area contributed by atoms with Gasteiger partial charge in [-0.25, -0.2) is 9.97 Å². The zero-order chi connectivity index (χ0) is 23.2. The summed E-state index contributed by atoms with van der Waals surface area (Å²) in [5.41, 5.74) is 1.40. The van der Waals surface area contributed by atoms with Crippen LogP contribution in [-0.4, -0.2) is 15.0 Å². The molecule has 0 aromatic carbocycles. The molecule has 2 aromatic rings. The Bertz CT molecular complexity index is 445. The second kappa shape index (κ2) is 21.5. The van der Waals surface area contributed by atoms with Gasteiger partial charge in [-0.2, -0.15) is 0 Å². The molecule has 0 aliphatic carbocycles. The van der Waals surface area contributed by atoms with Gasteiger partial charge in [0.15, 0.2) is 0 Å². The fourth-order valence-corrected chi connectivity index (χ4v) is 1.49. The summed E-state index contributed by atoms with van der Waals surface area (Å²) in [6, 6.07) is 7.85. The highest BCUT2D eigenvalue weighted by molar-refractivity contribution is 5.12. The zero-order valence-electron chi connectivity index (χ0n) is 21.4. The van der Waals surface area contributed by atoms with Crippen molar-refractivity contribution >= 4 is 0 Å². The molecule has 0 N–H and O–H groups in total. The largest absolute Gasteiger partial charge is 0.261 e. The van der Waals surface area contributed by atoms with Gasteiger partial charge in [-0.1, -0.05) is 103 Å². The second-order valence-electron chi connectivity index (χ2n) is 6.79. The molecule has 2 aromatic heterocycles. The molecular formula is C25H49N3. The third-order valence-corrected chi connectivity index (χ3v) is 2.67. The quantitative estimate of drug-likeness (QED) is 0.453. The second-order valence-corrected chi connectivity index (χ2v) is 6.79. The first-order valence-electron chi connectivity index (χ1n) is 10.9. The molecule has 0 atom stereocenters. The summed E-state index contributed by atoms with van der Waals surface area (Å²) in [6.45, 7) is 28.8. The van der Waals surface area contributed by atoms with Crippen LogP contribution in [0.4, 0.5) is 0 Å². The predicted molar refractivity (Wildman–Crippen MR) is 129 cm³/mol. The molecule has 0 saturated heterocycles. The molecule has 3 heteroatoms. The smallest absolute Gasteiger partial charge is 0.133 e. The van der Waals surface area contributed by atoms with Crippen molar-refractivity contribution in [1.82, 2.24) is 15.0 Å². The van der Waals surface area contributed by atoms with E-state index in [0.717, 1.165) is 11.5 Å². The minimum absolute atomic E-state index is 0.0707. The van der Waals surface area contributed by atoms with Crippen molar-refractivity contribution < 1.29 is 0 Å². The molecule has 0 aliphatic heterocycles. The molecule has 28 heavy (non-hydrogen) atoms. The fraction of sp³-hybridized carbons (Fsp3) is 0.640. The average Bonchev–Trinajstić information content (AvgIpc) is 2.74. The molecule has 0 unspecified atom stereocenters. The Kier molecular flexibility index (Phi) is 26.0. The number of pyridine rings is 1. The van der Waals surface area contributed by atoms with Crippen molar-refractivity contribution in [3.63, 3.8) is 0 Å². The van der Waals surface area contributed by atoms with Crippen LogP contribution >= 0.6 is 0 Å². The van der Waals surface area contributed by atoms with Gasteiger partial charge in [0, 0.05) is 35.1 Å². The van der Waals surface area contributed by atoms with Crippen molar-refractivity contribution in [2.45, 2.75) is 108 Å². The van der Waals surface area contributed by atoms with Crippen molar-refractivity contribution in [1.29, 1.82) is 0 Å². The van der Waals surface area contributed by atoms with Crippen LogP contribution in [0.5, 0.6) is 0 Å². The maximum absolute atomic E-state index is 4.25. The number of aromatic nitrogens is 3. The van der Waals surface area contributed by atoms with Crippen molar-refractivity contribution in [2.75, 3.05) is 0 Å². The summed E-state index contributed by atoms with van der Waals surface area (Å²) in [5, 5.41) is 0. The third kappa shape index (κ3) is 19.0. The number of hydrogen-bond acceptors (Lipinski definition) is 3. The van der Waals surface area contributed by atoms with Gasteiger partial charge in [-0.05, 0) is 18.2 Å². The normalized spacial score (nSPS) is 9.07. The number of rotatable bonds is 0. The van der Waals surface area contributed by atoms with Crippen molar-refractivity contribution in [3.05, 3.63) is 54.4 Å². The van der Waals surface area contributed by atoms with E-state index in [1.165, 1.54) is 0 Å². The summed E-state index contributed by atoms with van der Waals surface area (Å²) in [4.78, 5) is 12.5. The molecule has 0 amide bonds. The fourth-order valence-electron chi connectivity index (χ4n) is 1.49. The lowest BCUT2D eigenvalue weighted by Crippen LogP contribution is -2.14. The van der Waals surface area contributed by atoms with Gasteiger partial charge in [-0.15, -0.1) is 0 Å². The Hall–Kier alpha value is -1.77. The van der Waals surface area contributed by atoms with E-state index >= 15 is 0 Å². The maximum atomic E-state index is 4.25. The highest BCUT2D eigenvalue weighted by Gasteiger charge is 2.15. The van der Waals surface area contributed by atoms with Crippen LogP contribution in [0.2, 0.25) is 0 Å². The summed E-state index contributed by atoms with van der Waals surface area (Å²) >= 11 is 0. The third-order valence-electron chi connectivity index (χ3n) is 2.67. The van der Waals surface area contributed by atoms with Crippen LogP contribution in [0.25, 0.3) is 0 Å². The van der Waals surface area contributed by atoms with Crippen LogP contribution in [0, 0.1) is 0 Å². The highest BCUT2D eigenvalue weighted by Crippen LogP contribution is 2.18. The Labute approximate surface area is 177 Å². The van der Waals surface area contributed by atoms with E-state index in [1.54, 1.807) is 12.4 Å². The van der Waals surface area contributed by atoms with Crippen molar-refractivity contribution in [3.8, 4) is 0 Å². The summed E-state index contributed by atoms with van der Waals surface area (Å²) in [6.07, 6.45) is 5.38. The SMILES string of the molecule is CC.CC.CC.CC.CC(C)(C)c1ccccn1.CC(C)(C)c1ncccn1. The standard InChI is InChI=1S/C9H13N.C8H12N2.4C2H6/c1-9(2,3)8-6-4-5-7-10-8;1-8(2,3)7-9-5-4-6-10-7;4*1-2/h4-7H,1-3H3;4-6H,1-3H3;4*1-2H3. The molecule has 0 aliphatic rings. The lowest BCUT2D eigenvalue weighted by atomic mass is 9.92. The minimum Gasteiger partial charge on any atom is -0.261 e. The van der Waals surface area contributed by atoms with E-state index < -0.39 is 0 Å². The first kappa shape index (κ1) is 33.8. The Morgan fingerprint density at radius 1 is 0.500 bits per heavy atom. The van der Waals surface area contributed by atoms with E-state index in [1.807, 2.05) is 79.8 Å². The van der Waals surface area contributed by atoms with Gasteiger partial charge in [0.1, 0.15) is 5.82 Å². The zero-order valence-corrected chi connectivity index (χ0v) is 21.4. The van der Waals surface area contributed by atoms with Gasteiger partial charge in [-0.3, -0.25) is 4.98 Å². The van der Waals surface area contributed by atoms with Crippen LogP contribution < -0.4 is 0 Å². The molecule has 3 nitrogen and oxygen atoms in total. The van der Waals surface area contributed by atoms with E-state index in [0.29, 0.717) is 0 Å². The molecular weight excluding hydrogens is 342 g/mol. The van der Waals surface area contributed by atoms with E-state index in [2.05, 4.69) is 62.6 Å². The Morgan fingerprint density at radius 2 is 0.893 bits per heavy atom. The molecule has 0 radical (unpaired) electrons. The molecule has 0 saturated carbocycles. The topological polar surface area (TPSA) is 38.7 Å². The molecule has 2 rings (SSSR count). The van der Waals surface area contributed by atoms with Crippen molar-refractivity contribution in [2.24, 2.45) is 0 Å². The maximum Gasteiger partial charge on any atom is 0.133 e. The molecule has 0 spiro atoms. The molecule has 2 heterocycles. The number of nitrogens with zero attached hydrogens (tertiary/aromatic N) is 3. The lowest BCUT2D eigenvalue weighted by molar-refractivity contribution is 0.545. The average molecular weight is 392 g/mol. The number of hydrogen-bond donors (Lipinski definition) is 0. The molecule has 0 bridgehead atoms. The Balaban J connectivity index is -0.000000152. The van der Waals surface area contributed by atoms with E-state index in [-0.39, 0.29) is 10.8 Å². The highest BCUT2D eigenvalue weighted by atomic mass is 14.9.